The van der Waals surface area contributed by atoms with Gasteiger partial charge in [0.2, 0.25) is 0 Å². The quantitative estimate of drug-likeness (QED) is 0.613. The molecule has 2 aliphatic carbocycles. The normalized spacial score (nSPS) is 35.0. The van der Waals surface area contributed by atoms with Crippen LogP contribution < -0.4 is 0 Å². The Hall–Kier alpha value is 0.700. The monoisotopic (exact) mass is 292 g/mol. The van der Waals surface area contributed by atoms with Crippen LogP contribution in [0, 0.1) is 11.8 Å². The zero-order chi connectivity index (χ0) is 8.55. The molecular formula is C10H14Br2. The van der Waals surface area contributed by atoms with Crippen LogP contribution in [0.4, 0.5) is 0 Å². The number of hydrogen-bond acceptors (Lipinski definition) is 0. The van der Waals surface area contributed by atoms with E-state index in [0.29, 0.717) is 0 Å². The Balaban J connectivity index is 2.15. The average molecular weight is 294 g/mol. The molecule has 0 spiro atoms. The lowest BCUT2D eigenvalue weighted by atomic mass is 9.70. The van der Waals surface area contributed by atoms with Crippen LogP contribution in [0.5, 0.6) is 0 Å². The minimum Gasteiger partial charge on any atom is -0.0525 e. The second kappa shape index (κ2) is 3.83. The summed E-state index contributed by atoms with van der Waals surface area (Å²) >= 11 is 7.11. The molecule has 0 radical (unpaired) electrons. The highest BCUT2D eigenvalue weighted by Gasteiger charge is 2.30. The van der Waals surface area contributed by atoms with Gasteiger partial charge in [-0.3, -0.25) is 0 Å². The summed E-state index contributed by atoms with van der Waals surface area (Å²) in [5, 5.41) is 0. The first-order chi connectivity index (χ1) is 5.77. The minimum atomic E-state index is 0.895. The van der Waals surface area contributed by atoms with E-state index >= 15 is 0 Å². The zero-order valence-electron chi connectivity index (χ0n) is 7.15. The van der Waals surface area contributed by atoms with E-state index in [1.807, 2.05) is 0 Å². The highest BCUT2D eigenvalue weighted by atomic mass is 79.9. The van der Waals surface area contributed by atoms with Crippen molar-refractivity contribution in [1.29, 1.82) is 0 Å². The number of allylic oxidation sites excluding steroid dienone is 1. The lowest BCUT2D eigenvalue weighted by Crippen LogP contribution is -2.22. The predicted octanol–water partition coefficient (Wildman–Crippen LogP) is 4.59. The Kier molecular flexibility index (Phi) is 2.96. The highest BCUT2D eigenvalue weighted by molar-refractivity contribution is 9.28. The van der Waals surface area contributed by atoms with Gasteiger partial charge in [0.15, 0.2) is 0 Å². The third-order valence-electron chi connectivity index (χ3n) is 3.34. The van der Waals surface area contributed by atoms with E-state index in [0.717, 1.165) is 11.8 Å². The molecule has 68 valence electrons. The summed E-state index contributed by atoms with van der Waals surface area (Å²) in [5.74, 6) is 1.94. The molecule has 0 unspecified atom stereocenters. The molecule has 0 aliphatic heterocycles. The Morgan fingerprint density at radius 3 is 2.75 bits per heavy atom. The van der Waals surface area contributed by atoms with Crippen molar-refractivity contribution in [3.8, 4) is 0 Å². The van der Waals surface area contributed by atoms with Crippen molar-refractivity contribution in [1.82, 2.24) is 0 Å². The van der Waals surface area contributed by atoms with Gasteiger partial charge in [0.25, 0.3) is 0 Å². The van der Waals surface area contributed by atoms with Gasteiger partial charge < -0.3 is 0 Å². The first-order valence-corrected chi connectivity index (χ1v) is 6.40. The van der Waals surface area contributed by atoms with Gasteiger partial charge in [-0.15, -0.1) is 0 Å². The van der Waals surface area contributed by atoms with Gasteiger partial charge in [0.1, 0.15) is 0 Å². The van der Waals surface area contributed by atoms with Crippen LogP contribution in [0.3, 0.4) is 0 Å². The lowest BCUT2D eigenvalue weighted by molar-refractivity contribution is 0.242. The number of rotatable bonds is 0. The van der Waals surface area contributed by atoms with E-state index in [9.17, 15) is 0 Å². The maximum atomic E-state index is 3.56. The molecule has 0 aromatic rings. The second-order valence-electron chi connectivity index (χ2n) is 4.05. The van der Waals surface area contributed by atoms with Crippen molar-refractivity contribution in [3.63, 3.8) is 0 Å². The van der Waals surface area contributed by atoms with Gasteiger partial charge in [0, 0.05) is 0 Å². The molecule has 2 saturated carbocycles. The molecule has 0 aromatic heterocycles. The summed E-state index contributed by atoms with van der Waals surface area (Å²) in [4.78, 5) is 0. The Labute approximate surface area is 91.1 Å². The molecule has 2 bridgehead atoms. The van der Waals surface area contributed by atoms with Crippen LogP contribution >= 0.6 is 31.9 Å². The molecule has 12 heavy (non-hydrogen) atoms. The first kappa shape index (κ1) is 9.26. The summed E-state index contributed by atoms with van der Waals surface area (Å²) in [6.07, 6.45) is 8.56. The summed E-state index contributed by atoms with van der Waals surface area (Å²) in [6.45, 7) is 0. The van der Waals surface area contributed by atoms with Crippen molar-refractivity contribution < 1.29 is 0 Å². The van der Waals surface area contributed by atoms with Crippen molar-refractivity contribution in [3.05, 3.63) is 8.96 Å². The summed E-state index contributed by atoms with van der Waals surface area (Å²) in [5.41, 5.74) is 1.64. The lowest BCUT2D eigenvalue weighted by Gasteiger charge is -2.36. The molecule has 0 N–H and O–H groups in total. The molecule has 2 aliphatic rings. The van der Waals surface area contributed by atoms with Crippen LogP contribution in [-0.4, -0.2) is 0 Å². The Morgan fingerprint density at radius 1 is 1.17 bits per heavy atom. The molecule has 2 atom stereocenters. The maximum absolute atomic E-state index is 3.56. The van der Waals surface area contributed by atoms with Crippen molar-refractivity contribution in [2.75, 3.05) is 0 Å². The summed E-state index contributed by atoms with van der Waals surface area (Å²) in [6, 6.07) is 0. The van der Waals surface area contributed by atoms with Gasteiger partial charge in [-0.05, 0) is 75.0 Å². The van der Waals surface area contributed by atoms with Crippen molar-refractivity contribution in [2.45, 2.75) is 38.5 Å². The third kappa shape index (κ3) is 1.79. The molecule has 2 fully saturated rings. The van der Waals surface area contributed by atoms with Gasteiger partial charge in [-0.25, -0.2) is 0 Å². The van der Waals surface area contributed by atoms with Crippen molar-refractivity contribution in [2.24, 2.45) is 11.8 Å². The molecule has 0 saturated heterocycles. The number of halogens is 2. The average Bonchev–Trinajstić information content (AvgIpc) is 2.04. The van der Waals surface area contributed by atoms with Crippen molar-refractivity contribution >= 4 is 31.9 Å². The van der Waals surface area contributed by atoms with Crippen LogP contribution in [0.1, 0.15) is 38.5 Å². The van der Waals surface area contributed by atoms with E-state index in [-0.39, 0.29) is 0 Å². The molecule has 2 heteroatoms. The van der Waals surface area contributed by atoms with E-state index in [1.165, 1.54) is 41.9 Å². The summed E-state index contributed by atoms with van der Waals surface area (Å²) in [7, 11) is 0. The second-order valence-corrected chi connectivity index (χ2v) is 6.70. The van der Waals surface area contributed by atoms with E-state index in [1.54, 1.807) is 5.57 Å². The van der Waals surface area contributed by atoms with E-state index < -0.39 is 0 Å². The Bertz CT molecular complexity index is 204. The van der Waals surface area contributed by atoms with Gasteiger partial charge in [-0.1, -0.05) is 12.8 Å². The van der Waals surface area contributed by atoms with E-state index in [2.05, 4.69) is 31.9 Å². The van der Waals surface area contributed by atoms with Crippen LogP contribution in [0.25, 0.3) is 0 Å². The molecule has 0 heterocycles. The number of hydrogen-bond donors (Lipinski definition) is 0. The van der Waals surface area contributed by atoms with Crippen LogP contribution in [-0.2, 0) is 0 Å². The molecular weight excluding hydrogens is 280 g/mol. The molecule has 0 amide bonds. The fourth-order valence-electron chi connectivity index (χ4n) is 2.68. The number of fused-ring (bicyclic) bond motifs is 2. The highest BCUT2D eigenvalue weighted by Crippen LogP contribution is 2.45. The van der Waals surface area contributed by atoms with Gasteiger partial charge in [-0.2, -0.15) is 0 Å². The maximum Gasteiger partial charge on any atom is 0.0598 e. The fourth-order valence-corrected chi connectivity index (χ4v) is 3.73. The topological polar surface area (TPSA) is 0 Å². The zero-order valence-corrected chi connectivity index (χ0v) is 10.3. The largest absolute Gasteiger partial charge is 0.0598 e. The molecule has 0 aromatic carbocycles. The molecule has 0 nitrogen and oxygen atoms in total. The minimum absolute atomic E-state index is 0.895. The fraction of sp³-hybridized carbons (Fsp3) is 0.800. The third-order valence-corrected chi connectivity index (χ3v) is 4.36. The standard InChI is InChI=1S/C10H14Br2/c11-10(12)9-5-4-7-2-1-3-8(9)6-7/h7-8H,1-6H2/t7-,8-/m1/s1. The van der Waals surface area contributed by atoms with Crippen LogP contribution in [0.2, 0.25) is 0 Å². The smallest absolute Gasteiger partial charge is 0.0525 e. The first-order valence-electron chi connectivity index (χ1n) is 4.81. The predicted molar refractivity (Wildman–Crippen MR) is 59.6 cm³/mol. The summed E-state index contributed by atoms with van der Waals surface area (Å²) < 4.78 is 1.24. The Morgan fingerprint density at radius 2 is 2.00 bits per heavy atom. The van der Waals surface area contributed by atoms with Crippen LogP contribution in [0.15, 0.2) is 8.96 Å². The SMILES string of the molecule is BrC(Br)=C1CC[C@H]2CCC[C@@H]1C2. The van der Waals surface area contributed by atoms with Gasteiger partial charge >= 0.3 is 0 Å². The van der Waals surface area contributed by atoms with E-state index in [4.69, 9.17) is 0 Å². The van der Waals surface area contributed by atoms with Gasteiger partial charge in [0.05, 0.1) is 3.39 Å². The molecule has 2 rings (SSSR count).